The first kappa shape index (κ1) is 13.1. The summed E-state index contributed by atoms with van der Waals surface area (Å²) in [4.78, 5) is 4.55. The van der Waals surface area contributed by atoms with Crippen LogP contribution in [-0.2, 0) is 0 Å². The molecule has 2 fully saturated rings. The van der Waals surface area contributed by atoms with Gasteiger partial charge in [0.1, 0.15) is 0 Å². The second-order valence-electron chi connectivity index (χ2n) is 6.78. The SMILES string of the molecule is CC1(C)CCC(c2noc([C@@H]3C[C@H](O)CN3)n2)CC1. The second kappa shape index (κ2) is 4.87. The van der Waals surface area contributed by atoms with Crippen molar-refractivity contribution in [3.05, 3.63) is 11.7 Å². The average Bonchev–Trinajstić information content (AvgIpc) is 2.97. The smallest absolute Gasteiger partial charge is 0.243 e. The number of aliphatic hydroxyl groups excluding tert-OH is 1. The molecule has 1 aromatic rings. The van der Waals surface area contributed by atoms with E-state index in [4.69, 9.17) is 4.52 Å². The summed E-state index contributed by atoms with van der Waals surface area (Å²) in [6.07, 6.45) is 5.11. The molecule has 1 aliphatic carbocycles. The van der Waals surface area contributed by atoms with Gasteiger partial charge in [-0.1, -0.05) is 19.0 Å². The van der Waals surface area contributed by atoms with Crippen LogP contribution in [0.4, 0.5) is 0 Å². The molecule has 106 valence electrons. The van der Waals surface area contributed by atoms with Crippen LogP contribution in [0.3, 0.4) is 0 Å². The van der Waals surface area contributed by atoms with Gasteiger partial charge >= 0.3 is 0 Å². The van der Waals surface area contributed by atoms with E-state index in [1.165, 1.54) is 12.8 Å². The zero-order valence-electron chi connectivity index (χ0n) is 11.7. The zero-order valence-corrected chi connectivity index (χ0v) is 11.7. The monoisotopic (exact) mass is 265 g/mol. The van der Waals surface area contributed by atoms with E-state index in [-0.39, 0.29) is 12.1 Å². The molecular weight excluding hydrogens is 242 g/mol. The van der Waals surface area contributed by atoms with Crippen LogP contribution in [0.2, 0.25) is 0 Å². The Morgan fingerprint density at radius 2 is 2.05 bits per heavy atom. The molecule has 2 N–H and O–H groups in total. The zero-order chi connectivity index (χ0) is 13.5. The summed E-state index contributed by atoms with van der Waals surface area (Å²) in [6.45, 7) is 5.27. The lowest BCUT2D eigenvalue weighted by Crippen LogP contribution is -2.21. The minimum absolute atomic E-state index is 0.0243. The standard InChI is InChI=1S/C14H23N3O2/c1-14(2)5-3-9(4-6-14)12-16-13(19-17-12)11-7-10(18)8-15-11/h9-11,15,18H,3-8H2,1-2H3/t10-,11-/m0/s1. The van der Waals surface area contributed by atoms with Crippen molar-refractivity contribution in [1.82, 2.24) is 15.5 Å². The van der Waals surface area contributed by atoms with Gasteiger partial charge in [-0.25, -0.2) is 0 Å². The van der Waals surface area contributed by atoms with Gasteiger partial charge in [-0.05, 0) is 37.5 Å². The van der Waals surface area contributed by atoms with Gasteiger partial charge in [0.2, 0.25) is 5.89 Å². The summed E-state index contributed by atoms with van der Waals surface area (Å²) in [6, 6.07) is 0.0243. The minimum atomic E-state index is -0.296. The van der Waals surface area contributed by atoms with Gasteiger partial charge in [0.25, 0.3) is 0 Å². The fourth-order valence-corrected chi connectivity index (χ4v) is 3.12. The highest BCUT2D eigenvalue weighted by atomic mass is 16.5. The molecule has 0 aromatic carbocycles. The Hall–Kier alpha value is -0.940. The number of β-amino-alcohol motifs (C(OH)–C–C–N with tert-alkyl or cyclic N) is 1. The van der Waals surface area contributed by atoms with Crippen molar-refractivity contribution in [3.8, 4) is 0 Å². The van der Waals surface area contributed by atoms with E-state index < -0.39 is 0 Å². The third-order valence-corrected chi connectivity index (χ3v) is 4.57. The highest BCUT2D eigenvalue weighted by Crippen LogP contribution is 2.41. The molecule has 1 aliphatic heterocycles. The lowest BCUT2D eigenvalue weighted by Gasteiger charge is -2.32. The van der Waals surface area contributed by atoms with Crippen LogP contribution in [-0.4, -0.2) is 27.9 Å². The van der Waals surface area contributed by atoms with Gasteiger partial charge < -0.3 is 14.9 Å². The molecule has 0 amide bonds. The molecular formula is C14H23N3O2. The Bertz CT molecular complexity index is 434. The molecule has 2 heterocycles. The number of hydrogen-bond acceptors (Lipinski definition) is 5. The van der Waals surface area contributed by atoms with E-state index in [9.17, 15) is 5.11 Å². The van der Waals surface area contributed by atoms with E-state index in [2.05, 4.69) is 29.3 Å². The van der Waals surface area contributed by atoms with Crippen molar-refractivity contribution in [2.75, 3.05) is 6.54 Å². The highest BCUT2D eigenvalue weighted by molar-refractivity contribution is 5.03. The maximum absolute atomic E-state index is 9.52. The molecule has 19 heavy (non-hydrogen) atoms. The van der Waals surface area contributed by atoms with Crippen molar-refractivity contribution in [3.63, 3.8) is 0 Å². The summed E-state index contributed by atoms with van der Waals surface area (Å²) in [5.74, 6) is 1.93. The number of rotatable bonds is 2. The molecule has 0 radical (unpaired) electrons. The first-order valence-electron chi connectivity index (χ1n) is 7.28. The van der Waals surface area contributed by atoms with Crippen molar-refractivity contribution >= 4 is 0 Å². The van der Waals surface area contributed by atoms with E-state index in [1.54, 1.807) is 0 Å². The number of nitrogens with zero attached hydrogens (tertiary/aromatic N) is 2. The van der Waals surface area contributed by atoms with E-state index in [1.807, 2.05) is 0 Å². The number of aromatic nitrogens is 2. The topological polar surface area (TPSA) is 71.2 Å². The van der Waals surface area contributed by atoms with Gasteiger partial charge in [0.05, 0.1) is 12.1 Å². The molecule has 5 nitrogen and oxygen atoms in total. The molecule has 2 aliphatic rings. The maximum Gasteiger partial charge on any atom is 0.243 e. The number of hydrogen-bond donors (Lipinski definition) is 2. The summed E-state index contributed by atoms with van der Waals surface area (Å²) in [5.41, 5.74) is 0.459. The molecule has 0 spiro atoms. The van der Waals surface area contributed by atoms with Crippen LogP contribution < -0.4 is 5.32 Å². The van der Waals surface area contributed by atoms with Gasteiger partial charge in [0, 0.05) is 12.5 Å². The maximum atomic E-state index is 9.52. The minimum Gasteiger partial charge on any atom is -0.392 e. The van der Waals surface area contributed by atoms with Crippen molar-refractivity contribution in [2.24, 2.45) is 5.41 Å². The Balaban J connectivity index is 1.65. The third kappa shape index (κ3) is 2.82. The van der Waals surface area contributed by atoms with Crippen LogP contribution in [0, 0.1) is 5.41 Å². The fourth-order valence-electron chi connectivity index (χ4n) is 3.12. The average molecular weight is 265 g/mol. The Morgan fingerprint density at radius 3 is 2.68 bits per heavy atom. The summed E-state index contributed by atoms with van der Waals surface area (Å²) in [7, 11) is 0. The summed E-state index contributed by atoms with van der Waals surface area (Å²) in [5, 5.41) is 16.9. The fraction of sp³-hybridized carbons (Fsp3) is 0.857. The Morgan fingerprint density at radius 1 is 1.32 bits per heavy atom. The quantitative estimate of drug-likeness (QED) is 0.857. The molecule has 0 unspecified atom stereocenters. The van der Waals surface area contributed by atoms with Crippen LogP contribution in [0.1, 0.15) is 69.6 Å². The molecule has 0 bridgehead atoms. The number of aliphatic hydroxyl groups is 1. The third-order valence-electron chi connectivity index (χ3n) is 4.57. The Kier molecular flexibility index (Phi) is 3.35. The van der Waals surface area contributed by atoms with Crippen molar-refractivity contribution < 1.29 is 9.63 Å². The van der Waals surface area contributed by atoms with E-state index >= 15 is 0 Å². The first-order chi connectivity index (χ1) is 9.03. The van der Waals surface area contributed by atoms with Gasteiger partial charge in [-0.3, -0.25) is 0 Å². The van der Waals surface area contributed by atoms with Gasteiger partial charge in [0.15, 0.2) is 5.82 Å². The van der Waals surface area contributed by atoms with Crippen LogP contribution in [0.25, 0.3) is 0 Å². The van der Waals surface area contributed by atoms with Crippen LogP contribution in [0.5, 0.6) is 0 Å². The molecule has 3 rings (SSSR count). The van der Waals surface area contributed by atoms with Crippen molar-refractivity contribution in [2.45, 2.75) is 64.0 Å². The van der Waals surface area contributed by atoms with Crippen molar-refractivity contribution in [1.29, 1.82) is 0 Å². The molecule has 2 atom stereocenters. The predicted octanol–water partition coefficient (Wildman–Crippen LogP) is 2.15. The molecule has 5 heteroatoms. The highest BCUT2D eigenvalue weighted by Gasteiger charge is 2.32. The Labute approximate surface area is 113 Å². The van der Waals surface area contributed by atoms with Crippen LogP contribution in [0.15, 0.2) is 4.52 Å². The normalized spacial score (nSPS) is 31.7. The van der Waals surface area contributed by atoms with Gasteiger partial charge in [-0.15, -0.1) is 0 Å². The summed E-state index contributed by atoms with van der Waals surface area (Å²) < 4.78 is 5.37. The predicted molar refractivity (Wildman–Crippen MR) is 70.7 cm³/mol. The second-order valence-corrected chi connectivity index (χ2v) is 6.78. The van der Waals surface area contributed by atoms with Gasteiger partial charge in [-0.2, -0.15) is 4.98 Å². The number of nitrogens with one attached hydrogen (secondary N) is 1. The summed E-state index contributed by atoms with van der Waals surface area (Å²) >= 11 is 0. The largest absolute Gasteiger partial charge is 0.392 e. The van der Waals surface area contributed by atoms with Crippen LogP contribution >= 0.6 is 0 Å². The van der Waals surface area contributed by atoms with E-state index in [0.717, 1.165) is 18.7 Å². The van der Waals surface area contributed by atoms with E-state index in [0.29, 0.717) is 30.2 Å². The molecule has 1 saturated heterocycles. The molecule has 1 aromatic heterocycles. The lowest BCUT2D eigenvalue weighted by molar-refractivity contribution is 0.191. The first-order valence-corrected chi connectivity index (χ1v) is 7.28. The lowest BCUT2D eigenvalue weighted by atomic mass is 9.73. The molecule has 1 saturated carbocycles.